The molecule has 1 saturated heterocycles. The fourth-order valence-corrected chi connectivity index (χ4v) is 2.63. The molecular formula is C14H15NO6S. The average molecular weight is 325 g/mol. The zero-order chi connectivity index (χ0) is 16.5. The molecule has 0 amide bonds. The Hall–Kier alpha value is -2.35. The van der Waals surface area contributed by atoms with Crippen LogP contribution in [0.1, 0.15) is 31.1 Å². The van der Waals surface area contributed by atoms with Gasteiger partial charge < -0.3 is 19.5 Å². The van der Waals surface area contributed by atoms with E-state index in [0.717, 1.165) is 0 Å². The quantitative estimate of drug-likeness (QED) is 0.516. The maximum atomic E-state index is 12.0. The number of esters is 3. The lowest BCUT2D eigenvalue weighted by Crippen LogP contribution is -2.42. The van der Waals surface area contributed by atoms with Gasteiger partial charge in [-0.2, -0.15) is 0 Å². The van der Waals surface area contributed by atoms with Crippen LogP contribution in [-0.2, 0) is 23.8 Å². The Morgan fingerprint density at radius 3 is 2.36 bits per heavy atom. The number of ether oxygens (including phenoxy) is 3. The lowest BCUT2D eigenvalue weighted by molar-refractivity contribution is -0.222. The van der Waals surface area contributed by atoms with E-state index in [1.54, 1.807) is 10.8 Å². The molecule has 118 valence electrons. The third-order valence-electron chi connectivity index (χ3n) is 2.85. The van der Waals surface area contributed by atoms with Gasteiger partial charge in [0.1, 0.15) is 0 Å². The summed E-state index contributed by atoms with van der Waals surface area (Å²) in [6, 6.07) is 0. The van der Waals surface area contributed by atoms with Gasteiger partial charge in [0, 0.05) is 30.3 Å². The summed E-state index contributed by atoms with van der Waals surface area (Å²) in [4.78, 5) is 35.5. The molecule has 1 aromatic heterocycles. The van der Waals surface area contributed by atoms with E-state index in [0.29, 0.717) is 11.3 Å². The molecule has 0 saturated carbocycles. The second kappa shape index (κ2) is 5.80. The predicted molar refractivity (Wildman–Crippen MR) is 78.2 cm³/mol. The van der Waals surface area contributed by atoms with Crippen molar-refractivity contribution in [1.29, 1.82) is 0 Å². The monoisotopic (exact) mass is 325 g/mol. The standard InChI is InChI=1S/C14H15NO6S/c1-7(10-12(17)20-14(2,3)21-13(10)18)15-9-6-22-5-8(9)11(16)19-4/h5-6,15H,1-4H3. The van der Waals surface area contributed by atoms with Gasteiger partial charge in [-0.25, -0.2) is 14.4 Å². The van der Waals surface area contributed by atoms with Crippen molar-refractivity contribution in [1.82, 2.24) is 0 Å². The van der Waals surface area contributed by atoms with Gasteiger partial charge in [0.15, 0.2) is 5.57 Å². The molecule has 22 heavy (non-hydrogen) atoms. The minimum Gasteiger partial charge on any atom is -0.465 e. The van der Waals surface area contributed by atoms with Crippen LogP contribution < -0.4 is 5.32 Å². The number of methoxy groups -OCH3 is 1. The fraction of sp³-hybridized carbons (Fsp3) is 0.357. The van der Waals surface area contributed by atoms with Crippen molar-refractivity contribution in [2.75, 3.05) is 12.4 Å². The first-order valence-corrected chi connectivity index (χ1v) is 7.28. The summed E-state index contributed by atoms with van der Waals surface area (Å²) in [6.07, 6.45) is 0. The van der Waals surface area contributed by atoms with Crippen LogP contribution in [0.2, 0.25) is 0 Å². The summed E-state index contributed by atoms with van der Waals surface area (Å²) >= 11 is 1.28. The summed E-state index contributed by atoms with van der Waals surface area (Å²) in [5, 5.41) is 6.12. The molecule has 1 fully saturated rings. The van der Waals surface area contributed by atoms with Crippen molar-refractivity contribution in [2.24, 2.45) is 0 Å². The molecule has 2 heterocycles. The molecule has 1 N–H and O–H groups in total. The number of carbonyl (C=O) groups excluding carboxylic acids is 3. The van der Waals surface area contributed by atoms with E-state index in [4.69, 9.17) is 9.47 Å². The molecule has 0 bridgehead atoms. The maximum absolute atomic E-state index is 12.0. The van der Waals surface area contributed by atoms with Gasteiger partial charge in [-0.1, -0.05) is 0 Å². The fourth-order valence-electron chi connectivity index (χ4n) is 1.89. The van der Waals surface area contributed by atoms with Crippen LogP contribution in [0.4, 0.5) is 5.69 Å². The molecule has 1 aliphatic heterocycles. The van der Waals surface area contributed by atoms with E-state index < -0.39 is 23.7 Å². The highest BCUT2D eigenvalue weighted by Crippen LogP contribution is 2.27. The minimum absolute atomic E-state index is 0.231. The first-order chi connectivity index (χ1) is 10.2. The summed E-state index contributed by atoms with van der Waals surface area (Å²) in [5.41, 5.74) is 0.744. The summed E-state index contributed by atoms with van der Waals surface area (Å²) in [5.74, 6) is -3.36. The molecule has 8 heteroatoms. The van der Waals surface area contributed by atoms with Crippen LogP contribution in [0.25, 0.3) is 0 Å². The van der Waals surface area contributed by atoms with Gasteiger partial charge in [-0.3, -0.25) is 0 Å². The van der Waals surface area contributed by atoms with Gasteiger partial charge in [0.25, 0.3) is 5.79 Å². The molecule has 0 aromatic carbocycles. The highest BCUT2D eigenvalue weighted by atomic mass is 32.1. The highest BCUT2D eigenvalue weighted by molar-refractivity contribution is 7.08. The Kier molecular flexibility index (Phi) is 4.23. The molecule has 1 aliphatic rings. The van der Waals surface area contributed by atoms with Crippen molar-refractivity contribution in [3.8, 4) is 0 Å². The molecule has 0 spiro atoms. The number of hydrogen-bond acceptors (Lipinski definition) is 8. The van der Waals surface area contributed by atoms with E-state index >= 15 is 0 Å². The zero-order valence-electron chi connectivity index (χ0n) is 12.5. The van der Waals surface area contributed by atoms with Crippen LogP contribution in [0, 0.1) is 0 Å². The molecule has 7 nitrogen and oxygen atoms in total. The Balaban J connectivity index is 2.30. The number of rotatable bonds is 3. The molecular weight excluding hydrogens is 310 g/mol. The molecule has 1 aromatic rings. The molecule has 0 radical (unpaired) electrons. The Bertz CT molecular complexity index is 651. The van der Waals surface area contributed by atoms with Gasteiger partial charge >= 0.3 is 17.9 Å². The number of hydrogen-bond donors (Lipinski definition) is 1. The van der Waals surface area contributed by atoms with Gasteiger partial charge in [0.2, 0.25) is 0 Å². The number of allylic oxidation sites excluding steroid dienone is 1. The summed E-state index contributed by atoms with van der Waals surface area (Å²) in [7, 11) is 1.27. The van der Waals surface area contributed by atoms with Crippen molar-refractivity contribution >= 4 is 34.9 Å². The van der Waals surface area contributed by atoms with Crippen molar-refractivity contribution in [3.05, 3.63) is 27.6 Å². The normalized spacial score (nSPS) is 16.6. The van der Waals surface area contributed by atoms with Crippen LogP contribution in [0.5, 0.6) is 0 Å². The van der Waals surface area contributed by atoms with E-state index in [1.165, 1.54) is 39.2 Å². The van der Waals surface area contributed by atoms with E-state index in [2.05, 4.69) is 10.1 Å². The summed E-state index contributed by atoms with van der Waals surface area (Å²) in [6.45, 7) is 4.46. The Morgan fingerprint density at radius 1 is 1.23 bits per heavy atom. The maximum Gasteiger partial charge on any atom is 0.350 e. The molecule has 2 rings (SSSR count). The zero-order valence-corrected chi connectivity index (χ0v) is 13.3. The molecule has 0 unspecified atom stereocenters. The first kappa shape index (κ1) is 16.0. The second-order valence-corrected chi connectivity index (χ2v) is 5.74. The van der Waals surface area contributed by atoms with E-state index in [9.17, 15) is 14.4 Å². The van der Waals surface area contributed by atoms with Gasteiger partial charge in [0.05, 0.1) is 18.4 Å². The van der Waals surface area contributed by atoms with Gasteiger partial charge in [-0.15, -0.1) is 11.3 Å². The van der Waals surface area contributed by atoms with Crippen molar-refractivity contribution < 1.29 is 28.6 Å². The van der Waals surface area contributed by atoms with Crippen LogP contribution in [-0.4, -0.2) is 30.8 Å². The Labute approximate surface area is 130 Å². The van der Waals surface area contributed by atoms with E-state index in [-0.39, 0.29) is 11.3 Å². The number of nitrogens with one attached hydrogen (secondary N) is 1. The van der Waals surface area contributed by atoms with Crippen molar-refractivity contribution in [2.45, 2.75) is 26.6 Å². The minimum atomic E-state index is -1.29. The third-order valence-corrected chi connectivity index (χ3v) is 3.59. The van der Waals surface area contributed by atoms with Crippen molar-refractivity contribution in [3.63, 3.8) is 0 Å². The number of anilines is 1. The smallest absolute Gasteiger partial charge is 0.350 e. The number of thiophene rings is 1. The van der Waals surface area contributed by atoms with Crippen LogP contribution >= 0.6 is 11.3 Å². The molecule has 0 aliphatic carbocycles. The van der Waals surface area contributed by atoms with Crippen LogP contribution in [0.3, 0.4) is 0 Å². The lowest BCUT2D eigenvalue weighted by Gasteiger charge is -2.30. The first-order valence-electron chi connectivity index (χ1n) is 6.34. The topological polar surface area (TPSA) is 90.9 Å². The van der Waals surface area contributed by atoms with E-state index in [1.807, 2.05) is 0 Å². The molecule has 0 atom stereocenters. The second-order valence-electron chi connectivity index (χ2n) is 4.99. The number of cyclic esters (lactones) is 2. The van der Waals surface area contributed by atoms with Gasteiger partial charge in [-0.05, 0) is 6.92 Å². The summed E-state index contributed by atoms with van der Waals surface area (Å²) < 4.78 is 14.7. The highest BCUT2D eigenvalue weighted by Gasteiger charge is 2.40. The average Bonchev–Trinajstić information content (AvgIpc) is 2.83. The largest absolute Gasteiger partial charge is 0.465 e. The predicted octanol–water partition coefficient (Wildman–Crippen LogP) is 2.06. The Morgan fingerprint density at radius 2 is 1.82 bits per heavy atom. The van der Waals surface area contributed by atoms with Crippen LogP contribution in [0.15, 0.2) is 22.0 Å². The lowest BCUT2D eigenvalue weighted by atomic mass is 10.1. The number of carbonyl (C=O) groups is 3. The third kappa shape index (κ3) is 3.11. The SMILES string of the molecule is COC(=O)c1cscc1NC(C)=C1C(=O)OC(C)(C)OC1=O.